The molecule has 0 radical (unpaired) electrons. The Bertz CT molecular complexity index is 1310. The zero-order valence-corrected chi connectivity index (χ0v) is 17.1. The summed E-state index contributed by atoms with van der Waals surface area (Å²) in [5.74, 6) is 0.632. The predicted molar refractivity (Wildman–Crippen MR) is 113 cm³/mol. The van der Waals surface area contributed by atoms with Gasteiger partial charge in [0.25, 0.3) is 10.1 Å². The number of ether oxygens (including phenoxy) is 1. The molecule has 6 nitrogen and oxygen atoms in total. The largest absolute Gasteiger partial charge is 0.459 e. The second-order valence-corrected chi connectivity index (χ2v) is 9.45. The van der Waals surface area contributed by atoms with Crippen LogP contribution in [0.25, 0.3) is 10.8 Å². The molecule has 148 valence electrons. The molecule has 0 fully saturated rings. The van der Waals surface area contributed by atoms with Crippen LogP contribution in [0.3, 0.4) is 0 Å². The van der Waals surface area contributed by atoms with E-state index in [1.165, 1.54) is 17.7 Å². The van der Waals surface area contributed by atoms with Crippen molar-refractivity contribution < 1.29 is 17.7 Å². The van der Waals surface area contributed by atoms with Crippen LogP contribution in [-0.4, -0.2) is 32.0 Å². The van der Waals surface area contributed by atoms with E-state index in [4.69, 9.17) is 9.73 Å². The highest BCUT2D eigenvalue weighted by molar-refractivity contribution is 7.85. The van der Waals surface area contributed by atoms with E-state index in [1.807, 2.05) is 25.4 Å². The smallest absolute Gasteiger partial charge is 0.294 e. The topological polar surface area (TPSA) is 79.2 Å². The molecule has 1 unspecified atom stereocenters. The van der Waals surface area contributed by atoms with Crippen LogP contribution in [-0.2, 0) is 15.5 Å². The first kappa shape index (κ1) is 18.1. The van der Waals surface area contributed by atoms with Gasteiger partial charge >= 0.3 is 0 Å². The van der Waals surface area contributed by atoms with Gasteiger partial charge in [0.15, 0.2) is 0 Å². The summed E-state index contributed by atoms with van der Waals surface area (Å²) in [6.07, 6.45) is 1.84. The predicted octanol–water partition coefficient (Wildman–Crippen LogP) is 4.31. The molecular weight excluding hydrogens is 388 g/mol. The van der Waals surface area contributed by atoms with Crippen molar-refractivity contribution in [2.75, 3.05) is 11.9 Å². The summed E-state index contributed by atoms with van der Waals surface area (Å²) in [7, 11) is -2.26. The van der Waals surface area contributed by atoms with E-state index in [0.717, 1.165) is 11.1 Å². The molecule has 0 aromatic heterocycles. The van der Waals surface area contributed by atoms with Gasteiger partial charge in [0.1, 0.15) is 11.4 Å². The number of nitrogens with zero attached hydrogens (tertiary/aromatic N) is 2. The van der Waals surface area contributed by atoms with Gasteiger partial charge in [-0.05, 0) is 49.1 Å². The molecule has 3 aromatic carbocycles. The first-order chi connectivity index (χ1) is 13.6. The third kappa shape index (κ3) is 2.31. The Hall–Kier alpha value is -2.90. The molecule has 0 aliphatic carbocycles. The van der Waals surface area contributed by atoms with E-state index in [1.54, 1.807) is 18.2 Å². The second-order valence-electron chi connectivity index (χ2n) is 8.03. The van der Waals surface area contributed by atoms with E-state index in [2.05, 4.69) is 30.9 Å². The maximum Gasteiger partial charge on any atom is 0.294 e. The molecule has 0 amide bonds. The highest BCUT2D eigenvalue weighted by Crippen LogP contribution is 2.54. The van der Waals surface area contributed by atoms with Crippen molar-refractivity contribution in [3.63, 3.8) is 0 Å². The fraction of sp³-hybridized carbons (Fsp3) is 0.227. The van der Waals surface area contributed by atoms with Gasteiger partial charge in [-0.15, -0.1) is 0 Å². The Morgan fingerprint density at radius 3 is 2.55 bits per heavy atom. The van der Waals surface area contributed by atoms with Gasteiger partial charge in [-0.25, -0.2) is 0 Å². The van der Waals surface area contributed by atoms with Crippen molar-refractivity contribution in [2.24, 2.45) is 4.99 Å². The maximum absolute atomic E-state index is 11.4. The van der Waals surface area contributed by atoms with E-state index in [9.17, 15) is 13.0 Å². The van der Waals surface area contributed by atoms with Gasteiger partial charge in [-0.3, -0.25) is 9.55 Å². The lowest BCUT2D eigenvalue weighted by Gasteiger charge is -2.45. The zero-order chi connectivity index (χ0) is 20.6. The Labute approximate surface area is 169 Å². The average molecular weight is 408 g/mol. The number of benzene rings is 3. The third-order valence-electron chi connectivity index (χ3n) is 6.19. The van der Waals surface area contributed by atoms with Crippen LogP contribution < -0.4 is 9.64 Å². The van der Waals surface area contributed by atoms with E-state index >= 15 is 0 Å². The molecule has 5 rings (SSSR count). The van der Waals surface area contributed by atoms with Gasteiger partial charge in [0, 0.05) is 18.1 Å². The van der Waals surface area contributed by atoms with Crippen molar-refractivity contribution in [1.82, 2.24) is 0 Å². The molecule has 7 heteroatoms. The number of fused-ring (bicyclic) bond motifs is 4. The summed E-state index contributed by atoms with van der Waals surface area (Å²) < 4.78 is 38.8. The molecule has 1 spiro atoms. The summed E-state index contributed by atoms with van der Waals surface area (Å²) in [5, 5.41) is 1.43. The number of likely N-dealkylation sites (N-methyl/N-ethyl adjacent to an activating group) is 1. The fourth-order valence-corrected chi connectivity index (χ4v) is 5.04. The lowest BCUT2D eigenvalue weighted by Crippen LogP contribution is -2.61. The SMILES string of the molecule is CN1c2ccccc2C(C)(C)C12C=Nc1c(ccc3cc(S(=O)(=O)O)ccc13)O2. The second kappa shape index (κ2) is 5.58. The molecule has 0 saturated carbocycles. The normalized spacial score (nSPS) is 21.9. The van der Waals surface area contributed by atoms with Crippen LogP contribution >= 0.6 is 0 Å². The summed E-state index contributed by atoms with van der Waals surface area (Å²) >= 11 is 0. The monoisotopic (exact) mass is 408 g/mol. The number of rotatable bonds is 1. The van der Waals surface area contributed by atoms with Crippen molar-refractivity contribution >= 4 is 38.5 Å². The first-order valence-electron chi connectivity index (χ1n) is 9.27. The maximum atomic E-state index is 11.4. The molecule has 2 heterocycles. The van der Waals surface area contributed by atoms with Crippen LogP contribution in [0.5, 0.6) is 5.75 Å². The van der Waals surface area contributed by atoms with Gasteiger partial charge in [-0.1, -0.05) is 30.3 Å². The number of anilines is 1. The Kier molecular flexibility index (Phi) is 3.49. The first-order valence-corrected chi connectivity index (χ1v) is 10.7. The molecule has 2 aliphatic heterocycles. The average Bonchev–Trinajstić information content (AvgIpc) is 2.85. The van der Waals surface area contributed by atoms with Crippen LogP contribution in [0.1, 0.15) is 19.4 Å². The minimum atomic E-state index is -4.26. The minimum Gasteiger partial charge on any atom is -0.459 e. The van der Waals surface area contributed by atoms with Crippen molar-refractivity contribution in [2.45, 2.75) is 29.9 Å². The molecule has 0 saturated heterocycles. The Balaban J connectivity index is 1.67. The fourth-order valence-electron chi connectivity index (χ4n) is 4.52. The Morgan fingerprint density at radius 2 is 1.83 bits per heavy atom. The van der Waals surface area contributed by atoms with Gasteiger partial charge in [0.2, 0.25) is 5.72 Å². The molecule has 0 bridgehead atoms. The van der Waals surface area contributed by atoms with Gasteiger partial charge < -0.3 is 9.64 Å². The van der Waals surface area contributed by atoms with E-state index < -0.39 is 15.8 Å². The van der Waals surface area contributed by atoms with Gasteiger partial charge in [0.05, 0.1) is 16.5 Å². The summed E-state index contributed by atoms with van der Waals surface area (Å²) in [6.45, 7) is 4.29. The molecule has 3 aromatic rings. The lowest BCUT2D eigenvalue weighted by atomic mass is 9.77. The minimum absolute atomic E-state index is 0.144. The highest BCUT2D eigenvalue weighted by Gasteiger charge is 2.58. The van der Waals surface area contributed by atoms with E-state index in [-0.39, 0.29) is 10.3 Å². The lowest BCUT2D eigenvalue weighted by molar-refractivity contribution is 0.0826. The van der Waals surface area contributed by atoms with Crippen LogP contribution in [0.4, 0.5) is 11.4 Å². The van der Waals surface area contributed by atoms with Crippen LogP contribution in [0.15, 0.2) is 64.5 Å². The molecule has 29 heavy (non-hydrogen) atoms. The molecule has 2 aliphatic rings. The quantitative estimate of drug-likeness (QED) is 0.607. The van der Waals surface area contributed by atoms with Crippen LogP contribution in [0, 0.1) is 0 Å². The highest BCUT2D eigenvalue weighted by atomic mass is 32.2. The third-order valence-corrected chi connectivity index (χ3v) is 7.04. The molecule has 1 N–H and O–H groups in total. The summed E-state index contributed by atoms with van der Waals surface area (Å²) in [4.78, 5) is 6.74. The molecule has 1 atom stereocenters. The number of hydrogen-bond acceptors (Lipinski definition) is 5. The summed E-state index contributed by atoms with van der Waals surface area (Å²) in [5.41, 5.74) is 1.83. The van der Waals surface area contributed by atoms with Crippen molar-refractivity contribution in [3.8, 4) is 5.75 Å². The zero-order valence-electron chi connectivity index (χ0n) is 16.2. The van der Waals surface area contributed by atoms with E-state index in [0.29, 0.717) is 16.8 Å². The standard InChI is InChI=1S/C22H20N2O4S/c1-21(2)17-6-4-5-7-18(17)24(3)22(21)13-23-20-16-10-9-15(29(25,26)27)12-14(16)8-11-19(20)28-22/h4-13H,1-3H3,(H,25,26,27). The summed E-state index contributed by atoms with van der Waals surface area (Å²) in [6, 6.07) is 16.3. The van der Waals surface area contributed by atoms with Gasteiger partial charge in [-0.2, -0.15) is 8.42 Å². The number of hydrogen-bond donors (Lipinski definition) is 1. The van der Waals surface area contributed by atoms with Crippen LogP contribution in [0.2, 0.25) is 0 Å². The molecular formula is C22H20N2O4S. The Morgan fingerprint density at radius 1 is 1.07 bits per heavy atom. The van der Waals surface area contributed by atoms with Crippen molar-refractivity contribution in [1.29, 1.82) is 0 Å². The number of aliphatic imine (C=N–C) groups is 1. The number of para-hydroxylation sites is 1. The van der Waals surface area contributed by atoms with Crippen molar-refractivity contribution in [3.05, 3.63) is 60.2 Å².